The van der Waals surface area contributed by atoms with E-state index in [1.165, 1.54) is 83.5 Å². The molecule has 0 aromatic heterocycles. The monoisotopic (exact) mass is 310 g/mol. The molecule has 0 saturated heterocycles. The van der Waals surface area contributed by atoms with Crippen molar-refractivity contribution in [1.29, 1.82) is 0 Å². The van der Waals surface area contributed by atoms with Crippen LogP contribution in [0.15, 0.2) is 0 Å². The van der Waals surface area contributed by atoms with Gasteiger partial charge in [-0.15, -0.1) is 0 Å². The minimum Gasteiger partial charge on any atom is -0.462 e. The molecule has 0 radical (unpaired) electrons. The Hall–Kier alpha value is -0.530. The summed E-state index contributed by atoms with van der Waals surface area (Å²) in [5, 5.41) is 0. The van der Waals surface area contributed by atoms with Crippen molar-refractivity contribution in [2.45, 2.75) is 122 Å². The molecule has 0 spiro atoms. The number of ether oxygens (including phenoxy) is 1. The van der Waals surface area contributed by atoms with Gasteiger partial charge in [-0.2, -0.15) is 0 Å². The van der Waals surface area contributed by atoms with Crippen molar-refractivity contribution in [1.82, 2.24) is 0 Å². The Bertz CT molecular complexity index is 258. The van der Waals surface area contributed by atoms with Gasteiger partial charge in [-0.3, -0.25) is 4.79 Å². The summed E-state index contributed by atoms with van der Waals surface area (Å²) >= 11 is 0. The van der Waals surface area contributed by atoms with Gasteiger partial charge in [0.2, 0.25) is 0 Å². The number of carbonyl (C=O) groups is 1. The summed E-state index contributed by atoms with van der Waals surface area (Å²) in [7, 11) is 0. The van der Waals surface area contributed by atoms with Crippen LogP contribution in [0.2, 0.25) is 0 Å². The van der Waals surface area contributed by atoms with Crippen LogP contribution < -0.4 is 0 Å². The number of rotatable bonds is 16. The van der Waals surface area contributed by atoms with Crippen molar-refractivity contribution in [3.63, 3.8) is 0 Å². The number of esters is 1. The Kier molecular flexibility index (Phi) is 12.5. The maximum atomic E-state index is 11.4. The van der Waals surface area contributed by atoms with Crippen molar-refractivity contribution in [2.75, 3.05) is 0 Å². The van der Waals surface area contributed by atoms with Gasteiger partial charge in [0.1, 0.15) is 6.10 Å². The van der Waals surface area contributed by atoms with Crippen LogP contribution in [0.1, 0.15) is 116 Å². The lowest BCUT2D eigenvalue weighted by Gasteiger charge is -2.04. The van der Waals surface area contributed by atoms with Crippen LogP contribution in [0.3, 0.4) is 0 Å². The molecule has 2 heteroatoms. The molecule has 0 amide bonds. The largest absolute Gasteiger partial charge is 0.462 e. The summed E-state index contributed by atoms with van der Waals surface area (Å²) in [6, 6.07) is 0. The maximum absolute atomic E-state index is 11.4. The van der Waals surface area contributed by atoms with Gasteiger partial charge in [0, 0.05) is 6.42 Å². The van der Waals surface area contributed by atoms with E-state index in [9.17, 15) is 4.79 Å². The summed E-state index contributed by atoms with van der Waals surface area (Å²) in [5.41, 5.74) is 0. The summed E-state index contributed by atoms with van der Waals surface area (Å²) in [5.74, 6) is 0.0291. The molecule has 0 atom stereocenters. The van der Waals surface area contributed by atoms with Crippen LogP contribution in [0.5, 0.6) is 0 Å². The van der Waals surface area contributed by atoms with E-state index < -0.39 is 0 Å². The third kappa shape index (κ3) is 13.2. The van der Waals surface area contributed by atoms with E-state index >= 15 is 0 Å². The molecule has 130 valence electrons. The van der Waals surface area contributed by atoms with Gasteiger partial charge in [-0.1, -0.05) is 90.4 Å². The second kappa shape index (κ2) is 14.1. The lowest BCUT2D eigenvalue weighted by molar-refractivity contribution is -0.145. The van der Waals surface area contributed by atoms with E-state index in [2.05, 4.69) is 6.92 Å². The zero-order chi connectivity index (χ0) is 15.9. The first-order valence-electron chi connectivity index (χ1n) is 10.0. The Labute approximate surface area is 138 Å². The molecule has 22 heavy (non-hydrogen) atoms. The normalized spacial score (nSPS) is 14.2. The van der Waals surface area contributed by atoms with Gasteiger partial charge in [-0.25, -0.2) is 0 Å². The molecule has 0 unspecified atom stereocenters. The highest BCUT2D eigenvalue weighted by Gasteiger charge is 2.25. The van der Waals surface area contributed by atoms with E-state index in [4.69, 9.17) is 4.74 Å². The third-order valence-corrected chi connectivity index (χ3v) is 4.56. The molecule has 1 rings (SSSR count). The number of hydrogen-bond acceptors (Lipinski definition) is 2. The fourth-order valence-corrected chi connectivity index (χ4v) is 2.89. The Morgan fingerprint density at radius 2 is 1.14 bits per heavy atom. The highest BCUT2D eigenvalue weighted by molar-refractivity contribution is 5.69. The average molecular weight is 311 g/mol. The molecular weight excluding hydrogens is 272 g/mol. The second-order valence-electron chi connectivity index (χ2n) is 7.04. The van der Waals surface area contributed by atoms with Crippen molar-refractivity contribution in [3.05, 3.63) is 0 Å². The first-order valence-corrected chi connectivity index (χ1v) is 10.0. The van der Waals surface area contributed by atoms with Crippen LogP contribution in [0, 0.1) is 0 Å². The molecule has 0 bridgehead atoms. The predicted molar refractivity (Wildman–Crippen MR) is 94.0 cm³/mol. The molecule has 0 aromatic carbocycles. The Morgan fingerprint density at radius 3 is 1.55 bits per heavy atom. The SMILES string of the molecule is CCCCCCCCCCCCCCCCC(=O)OC1CC1. The lowest BCUT2D eigenvalue weighted by Crippen LogP contribution is -2.05. The van der Waals surface area contributed by atoms with E-state index in [0.29, 0.717) is 6.42 Å². The summed E-state index contributed by atoms with van der Waals surface area (Å²) in [6.45, 7) is 2.28. The van der Waals surface area contributed by atoms with Crippen LogP contribution in [0.4, 0.5) is 0 Å². The van der Waals surface area contributed by atoms with Crippen LogP contribution in [-0.2, 0) is 9.53 Å². The van der Waals surface area contributed by atoms with E-state index in [1.807, 2.05) is 0 Å². The Balaban J connectivity index is 1.66. The summed E-state index contributed by atoms with van der Waals surface area (Å²) in [6.07, 6.45) is 22.1. The highest BCUT2D eigenvalue weighted by atomic mass is 16.5. The van der Waals surface area contributed by atoms with Crippen molar-refractivity contribution < 1.29 is 9.53 Å². The van der Waals surface area contributed by atoms with Gasteiger partial charge in [0.15, 0.2) is 0 Å². The van der Waals surface area contributed by atoms with E-state index in [0.717, 1.165) is 19.3 Å². The first-order chi connectivity index (χ1) is 10.8. The summed E-state index contributed by atoms with van der Waals surface area (Å²) in [4.78, 5) is 11.4. The number of carbonyl (C=O) groups excluding carboxylic acids is 1. The van der Waals surface area contributed by atoms with Crippen molar-refractivity contribution in [3.8, 4) is 0 Å². The predicted octanol–water partition coefficient (Wildman–Crippen LogP) is 6.56. The van der Waals surface area contributed by atoms with Gasteiger partial charge in [0.05, 0.1) is 0 Å². The van der Waals surface area contributed by atoms with Crippen LogP contribution in [0.25, 0.3) is 0 Å². The van der Waals surface area contributed by atoms with Crippen LogP contribution >= 0.6 is 0 Å². The third-order valence-electron chi connectivity index (χ3n) is 4.56. The minimum absolute atomic E-state index is 0.0291. The fourth-order valence-electron chi connectivity index (χ4n) is 2.89. The zero-order valence-corrected chi connectivity index (χ0v) is 14.9. The molecular formula is C20H38O2. The summed E-state index contributed by atoms with van der Waals surface area (Å²) < 4.78 is 5.24. The Morgan fingerprint density at radius 1 is 0.727 bits per heavy atom. The van der Waals surface area contributed by atoms with Crippen molar-refractivity contribution in [2.24, 2.45) is 0 Å². The van der Waals surface area contributed by atoms with Gasteiger partial charge >= 0.3 is 5.97 Å². The van der Waals surface area contributed by atoms with Crippen LogP contribution in [-0.4, -0.2) is 12.1 Å². The first kappa shape index (κ1) is 19.5. The van der Waals surface area contributed by atoms with Gasteiger partial charge < -0.3 is 4.74 Å². The molecule has 0 heterocycles. The lowest BCUT2D eigenvalue weighted by atomic mass is 10.0. The smallest absolute Gasteiger partial charge is 0.306 e. The average Bonchev–Trinajstić information content (AvgIpc) is 3.31. The van der Waals surface area contributed by atoms with Gasteiger partial charge in [-0.05, 0) is 19.3 Å². The molecule has 1 aliphatic rings. The molecule has 1 aliphatic carbocycles. The number of unbranched alkanes of at least 4 members (excludes halogenated alkanes) is 13. The molecule has 0 N–H and O–H groups in total. The molecule has 1 fully saturated rings. The quantitative estimate of drug-likeness (QED) is 0.238. The topological polar surface area (TPSA) is 26.3 Å². The van der Waals surface area contributed by atoms with E-state index in [1.54, 1.807) is 0 Å². The fraction of sp³-hybridized carbons (Fsp3) is 0.950. The molecule has 2 nitrogen and oxygen atoms in total. The zero-order valence-electron chi connectivity index (χ0n) is 14.9. The van der Waals surface area contributed by atoms with E-state index in [-0.39, 0.29) is 12.1 Å². The second-order valence-corrected chi connectivity index (χ2v) is 7.04. The number of hydrogen-bond donors (Lipinski definition) is 0. The minimum atomic E-state index is 0.0291. The molecule has 0 aromatic rings. The van der Waals surface area contributed by atoms with Gasteiger partial charge in [0.25, 0.3) is 0 Å². The molecule has 0 aliphatic heterocycles. The molecule has 1 saturated carbocycles. The maximum Gasteiger partial charge on any atom is 0.306 e. The highest BCUT2D eigenvalue weighted by Crippen LogP contribution is 2.24. The standard InChI is InChI=1S/C20H38O2/c1-2-3-4-5-6-7-8-9-10-11-12-13-14-15-16-20(21)22-19-17-18-19/h19H,2-18H2,1H3. The van der Waals surface area contributed by atoms with Crippen molar-refractivity contribution >= 4 is 5.97 Å².